The molecule has 1 aliphatic heterocycles. The van der Waals surface area contributed by atoms with Gasteiger partial charge in [-0.25, -0.2) is 0 Å². The molecule has 0 spiro atoms. The molecule has 5 heteroatoms. The van der Waals surface area contributed by atoms with Gasteiger partial charge in [0.25, 0.3) is 0 Å². The molecule has 1 aromatic rings. The molecular weight excluding hydrogens is 270 g/mol. The van der Waals surface area contributed by atoms with E-state index in [4.69, 9.17) is 4.74 Å². The molecule has 114 valence electrons. The zero-order valence-electron chi connectivity index (χ0n) is 12.0. The standard InChI is InChI=1S/C16H21NO4/c18-12-17-8-6-14(7-9-17)11-21-16(20)5-4-13-2-1-3-15(19)10-13/h1-3,10,12,14,19H,4-9,11H2. The summed E-state index contributed by atoms with van der Waals surface area (Å²) in [6.45, 7) is 1.93. The number of hydrogen-bond acceptors (Lipinski definition) is 4. The lowest BCUT2D eigenvalue weighted by Gasteiger charge is -2.28. The molecule has 21 heavy (non-hydrogen) atoms. The van der Waals surface area contributed by atoms with Gasteiger partial charge in [-0.2, -0.15) is 0 Å². The number of esters is 1. The van der Waals surface area contributed by atoms with Gasteiger partial charge in [0, 0.05) is 19.5 Å². The number of benzene rings is 1. The van der Waals surface area contributed by atoms with Crippen LogP contribution in [0.15, 0.2) is 24.3 Å². The number of carbonyl (C=O) groups is 2. The Hall–Kier alpha value is -2.04. The molecule has 1 N–H and O–H groups in total. The number of ether oxygens (including phenoxy) is 1. The van der Waals surface area contributed by atoms with Crippen LogP contribution in [0.4, 0.5) is 0 Å². The van der Waals surface area contributed by atoms with Crippen LogP contribution < -0.4 is 0 Å². The van der Waals surface area contributed by atoms with Gasteiger partial charge in [0.1, 0.15) is 5.75 Å². The van der Waals surface area contributed by atoms with Crippen molar-refractivity contribution in [2.45, 2.75) is 25.7 Å². The Morgan fingerprint density at radius 2 is 2.14 bits per heavy atom. The topological polar surface area (TPSA) is 66.8 Å². The van der Waals surface area contributed by atoms with E-state index in [9.17, 15) is 14.7 Å². The van der Waals surface area contributed by atoms with Crippen LogP contribution in [0.25, 0.3) is 0 Å². The van der Waals surface area contributed by atoms with Crippen LogP contribution in [-0.4, -0.2) is 42.1 Å². The van der Waals surface area contributed by atoms with Gasteiger partial charge in [0.2, 0.25) is 6.41 Å². The van der Waals surface area contributed by atoms with Crippen molar-refractivity contribution in [1.29, 1.82) is 0 Å². The Labute approximate surface area is 124 Å². The predicted molar refractivity (Wildman–Crippen MR) is 77.7 cm³/mol. The van der Waals surface area contributed by atoms with E-state index in [-0.39, 0.29) is 11.7 Å². The van der Waals surface area contributed by atoms with Crippen LogP contribution >= 0.6 is 0 Å². The number of hydrogen-bond donors (Lipinski definition) is 1. The number of amides is 1. The van der Waals surface area contributed by atoms with Gasteiger partial charge in [0.05, 0.1) is 6.61 Å². The van der Waals surface area contributed by atoms with Crippen molar-refractivity contribution in [3.63, 3.8) is 0 Å². The maximum absolute atomic E-state index is 11.7. The molecule has 0 aliphatic carbocycles. The number of phenolic OH excluding ortho intramolecular Hbond substituents is 1. The molecule has 1 fully saturated rings. The van der Waals surface area contributed by atoms with Crippen LogP contribution in [0, 0.1) is 5.92 Å². The Bertz CT molecular complexity index is 481. The first kappa shape index (κ1) is 15.4. The first-order chi connectivity index (χ1) is 10.2. The molecule has 1 aliphatic rings. The highest BCUT2D eigenvalue weighted by atomic mass is 16.5. The lowest BCUT2D eigenvalue weighted by molar-refractivity contribution is -0.145. The smallest absolute Gasteiger partial charge is 0.306 e. The second-order valence-corrected chi connectivity index (χ2v) is 5.44. The van der Waals surface area contributed by atoms with Crippen LogP contribution in [0.5, 0.6) is 5.75 Å². The van der Waals surface area contributed by atoms with Crippen molar-refractivity contribution in [3.05, 3.63) is 29.8 Å². The normalized spacial score (nSPS) is 15.7. The van der Waals surface area contributed by atoms with Gasteiger partial charge >= 0.3 is 5.97 Å². The molecule has 0 unspecified atom stereocenters. The van der Waals surface area contributed by atoms with Crippen LogP contribution in [0.1, 0.15) is 24.8 Å². The fourth-order valence-electron chi connectivity index (χ4n) is 2.47. The largest absolute Gasteiger partial charge is 0.508 e. The summed E-state index contributed by atoms with van der Waals surface area (Å²) in [5.41, 5.74) is 0.922. The quantitative estimate of drug-likeness (QED) is 0.640. The maximum atomic E-state index is 11.7. The second kappa shape index (κ2) is 7.67. The fourth-order valence-corrected chi connectivity index (χ4v) is 2.47. The summed E-state index contributed by atoms with van der Waals surface area (Å²) in [7, 11) is 0. The molecule has 0 atom stereocenters. The predicted octanol–water partition coefficient (Wildman–Crippen LogP) is 1.74. The minimum Gasteiger partial charge on any atom is -0.508 e. The Kier molecular flexibility index (Phi) is 5.60. The fraction of sp³-hybridized carbons (Fsp3) is 0.500. The summed E-state index contributed by atoms with van der Waals surface area (Å²) >= 11 is 0. The first-order valence-electron chi connectivity index (χ1n) is 7.30. The number of likely N-dealkylation sites (tertiary alicyclic amines) is 1. The lowest BCUT2D eigenvalue weighted by Crippen LogP contribution is -2.34. The van der Waals surface area contributed by atoms with E-state index < -0.39 is 0 Å². The summed E-state index contributed by atoms with van der Waals surface area (Å²) in [5, 5.41) is 9.35. The molecule has 0 radical (unpaired) electrons. The third-order valence-electron chi connectivity index (χ3n) is 3.81. The van der Waals surface area contributed by atoms with Crippen molar-refractivity contribution in [3.8, 4) is 5.75 Å². The molecule has 0 bridgehead atoms. The highest BCUT2D eigenvalue weighted by Crippen LogP contribution is 2.17. The lowest BCUT2D eigenvalue weighted by atomic mass is 9.98. The average molecular weight is 291 g/mol. The van der Waals surface area contributed by atoms with Crippen molar-refractivity contribution in [1.82, 2.24) is 4.90 Å². The molecule has 1 aromatic carbocycles. The SMILES string of the molecule is O=CN1CCC(COC(=O)CCc2cccc(O)c2)CC1. The molecule has 1 heterocycles. The number of aromatic hydroxyl groups is 1. The first-order valence-corrected chi connectivity index (χ1v) is 7.30. The molecule has 0 saturated carbocycles. The summed E-state index contributed by atoms with van der Waals surface area (Å²) in [6, 6.07) is 6.90. The summed E-state index contributed by atoms with van der Waals surface area (Å²) in [5.74, 6) is 0.352. The zero-order valence-corrected chi connectivity index (χ0v) is 12.0. The number of aryl methyl sites for hydroxylation is 1. The zero-order chi connectivity index (χ0) is 15.1. The highest BCUT2D eigenvalue weighted by molar-refractivity contribution is 5.69. The highest BCUT2D eigenvalue weighted by Gasteiger charge is 2.19. The van der Waals surface area contributed by atoms with E-state index in [1.807, 2.05) is 6.07 Å². The van der Waals surface area contributed by atoms with Crippen molar-refractivity contribution in [2.75, 3.05) is 19.7 Å². The molecule has 5 nitrogen and oxygen atoms in total. The van der Waals surface area contributed by atoms with E-state index in [1.165, 1.54) is 0 Å². The van der Waals surface area contributed by atoms with E-state index in [0.29, 0.717) is 25.4 Å². The molecule has 0 aromatic heterocycles. The Balaban J connectivity index is 1.65. The molecule has 2 rings (SSSR count). The van der Waals surface area contributed by atoms with Crippen LogP contribution in [0.2, 0.25) is 0 Å². The van der Waals surface area contributed by atoms with E-state index in [0.717, 1.165) is 37.9 Å². The summed E-state index contributed by atoms with van der Waals surface area (Å²) in [4.78, 5) is 24.1. The van der Waals surface area contributed by atoms with Gasteiger partial charge < -0.3 is 14.7 Å². The van der Waals surface area contributed by atoms with Crippen molar-refractivity contribution >= 4 is 12.4 Å². The van der Waals surface area contributed by atoms with Gasteiger partial charge in [-0.1, -0.05) is 12.1 Å². The minimum absolute atomic E-state index is 0.211. The van der Waals surface area contributed by atoms with Crippen LogP contribution in [0.3, 0.4) is 0 Å². The van der Waals surface area contributed by atoms with E-state index >= 15 is 0 Å². The van der Waals surface area contributed by atoms with Gasteiger partial charge in [-0.05, 0) is 42.9 Å². The van der Waals surface area contributed by atoms with Gasteiger partial charge in [0.15, 0.2) is 0 Å². The number of carbonyl (C=O) groups excluding carboxylic acids is 2. The minimum atomic E-state index is -0.212. The third kappa shape index (κ3) is 5.10. The summed E-state index contributed by atoms with van der Waals surface area (Å²) in [6.07, 6.45) is 3.53. The van der Waals surface area contributed by atoms with Crippen LogP contribution in [-0.2, 0) is 20.7 Å². The number of rotatable bonds is 6. The van der Waals surface area contributed by atoms with E-state index in [1.54, 1.807) is 23.1 Å². The Morgan fingerprint density at radius 3 is 2.81 bits per heavy atom. The second-order valence-electron chi connectivity index (χ2n) is 5.44. The van der Waals surface area contributed by atoms with Crippen molar-refractivity contribution in [2.24, 2.45) is 5.92 Å². The maximum Gasteiger partial charge on any atom is 0.306 e. The number of nitrogens with zero attached hydrogens (tertiary/aromatic N) is 1. The number of piperidine rings is 1. The molecule has 1 saturated heterocycles. The monoisotopic (exact) mass is 291 g/mol. The number of phenols is 1. The van der Waals surface area contributed by atoms with Gasteiger partial charge in [-0.15, -0.1) is 0 Å². The Morgan fingerprint density at radius 1 is 1.38 bits per heavy atom. The van der Waals surface area contributed by atoms with Gasteiger partial charge in [-0.3, -0.25) is 9.59 Å². The third-order valence-corrected chi connectivity index (χ3v) is 3.81. The molecule has 1 amide bonds. The average Bonchev–Trinajstić information content (AvgIpc) is 2.51. The van der Waals surface area contributed by atoms with E-state index in [2.05, 4.69) is 0 Å². The van der Waals surface area contributed by atoms with Crippen molar-refractivity contribution < 1.29 is 19.4 Å². The molecular formula is C16H21NO4. The summed E-state index contributed by atoms with van der Waals surface area (Å²) < 4.78 is 5.29.